The van der Waals surface area contributed by atoms with E-state index >= 15 is 0 Å². The summed E-state index contributed by atoms with van der Waals surface area (Å²) in [5, 5.41) is 0. The molecule has 0 nitrogen and oxygen atoms in total. The summed E-state index contributed by atoms with van der Waals surface area (Å²) in [4.78, 5) is 0. The van der Waals surface area contributed by atoms with Gasteiger partial charge in [0.25, 0.3) is 0 Å². The number of hydrogen-bond donors (Lipinski definition) is 0. The quantitative estimate of drug-likeness (QED) is 0.283. The van der Waals surface area contributed by atoms with Gasteiger partial charge in [0.2, 0.25) is 0 Å². The monoisotopic (exact) mass is 533 g/mol. The molecule has 0 aliphatic rings. The maximum atomic E-state index is 14.6. The summed E-state index contributed by atoms with van der Waals surface area (Å²) in [6.45, 7) is 0. The van der Waals surface area contributed by atoms with Gasteiger partial charge in [-0.3, -0.25) is 0 Å². The zero-order valence-corrected chi connectivity index (χ0v) is 15.1. The second-order valence-electron chi connectivity index (χ2n) is 5.44. The summed E-state index contributed by atoms with van der Waals surface area (Å²) in [6.07, 6.45) is -18.7. The highest BCUT2D eigenvalue weighted by Crippen LogP contribution is 2.56. The van der Waals surface area contributed by atoms with Crippen LogP contribution in [0.4, 0.5) is 48.3 Å². The molecule has 0 fully saturated rings. The van der Waals surface area contributed by atoms with Crippen molar-refractivity contribution in [3.05, 3.63) is 56.9 Å². The molecule has 2 aromatic carbocycles. The minimum atomic E-state index is -6.63. The van der Waals surface area contributed by atoms with E-state index in [2.05, 4.69) is 0 Å². The van der Waals surface area contributed by atoms with Crippen molar-refractivity contribution >= 4 is 22.6 Å². The third-order valence-corrected chi connectivity index (χ3v) is 4.42. The van der Waals surface area contributed by atoms with Gasteiger partial charge in [-0.05, 0) is 46.4 Å². The van der Waals surface area contributed by atoms with Crippen LogP contribution in [-0.4, -0.2) is 12.4 Å². The van der Waals surface area contributed by atoms with E-state index in [0.717, 1.165) is 22.6 Å². The Balaban J connectivity index is 3.00. The molecule has 0 saturated carbocycles. The van der Waals surface area contributed by atoms with E-state index in [1.807, 2.05) is 0 Å². The van der Waals surface area contributed by atoms with E-state index in [4.69, 9.17) is 0 Å². The molecular formula is C16H5F11I. The molecule has 28 heavy (non-hydrogen) atoms. The first-order chi connectivity index (χ1) is 12.5. The van der Waals surface area contributed by atoms with Crippen LogP contribution in [0.15, 0.2) is 30.3 Å². The lowest BCUT2D eigenvalue weighted by molar-refractivity contribution is -0.348. The second kappa shape index (κ2) is 7.02. The molecule has 0 heterocycles. The van der Waals surface area contributed by atoms with E-state index in [-0.39, 0.29) is 0 Å². The van der Waals surface area contributed by atoms with Crippen molar-refractivity contribution in [2.45, 2.75) is 24.2 Å². The smallest absolute Gasteiger partial charge is 0.218 e. The average molecular weight is 533 g/mol. The zero-order valence-electron chi connectivity index (χ0n) is 12.9. The van der Waals surface area contributed by atoms with Crippen molar-refractivity contribution in [2.24, 2.45) is 0 Å². The van der Waals surface area contributed by atoms with Gasteiger partial charge in [-0.2, -0.15) is 39.5 Å². The molecule has 12 heteroatoms. The maximum absolute atomic E-state index is 14.6. The minimum Gasteiger partial charge on any atom is -0.218 e. The molecule has 0 aliphatic carbocycles. The standard InChI is InChI=1S/C16H5F11I/c17-9-3-1-7(2-4-9)12-10(5-8(6-11(12)28)14(19,20)21)13(18,15(22,23)24)16(25,26)27/h1-5H. The molecule has 0 amide bonds. The van der Waals surface area contributed by atoms with Gasteiger partial charge in [0.15, 0.2) is 0 Å². The van der Waals surface area contributed by atoms with Gasteiger partial charge >= 0.3 is 24.2 Å². The Morgan fingerprint density at radius 1 is 0.750 bits per heavy atom. The van der Waals surface area contributed by atoms with Crippen LogP contribution in [0.1, 0.15) is 11.1 Å². The fraction of sp³-hybridized carbons (Fsp3) is 0.250. The van der Waals surface area contributed by atoms with Crippen LogP contribution in [-0.2, 0) is 11.8 Å². The second-order valence-corrected chi connectivity index (χ2v) is 6.52. The molecule has 1 radical (unpaired) electrons. The fourth-order valence-corrected chi connectivity index (χ4v) is 3.23. The van der Waals surface area contributed by atoms with Gasteiger partial charge in [-0.1, -0.05) is 12.1 Å². The summed E-state index contributed by atoms with van der Waals surface area (Å²) in [5.74, 6) is -0.922. The third-order valence-electron chi connectivity index (χ3n) is 3.61. The molecule has 2 rings (SSSR count). The van der Waals surface area contributed by atoms with Gasteiger partial charge in [-0.15, -0.1) is 0 Å². The van der Waals surface area contributed by atoms with Crippen LogP contribution in [0.5, 0.6) is 0 Å². The predicted molar refractivity (Wildman–Crippen MR) is 83.3 cm³/mol. The summed E-state index contributed by atoms with van der Waals surface area (Å²) in [5.41, 5.74) is -12.1. The Hall–Kier alpha value is -1.60. The zero-order chi connectivity index (χ0) is 21.7. The number of halogens is 12. The van der Waals surface area contributed by atoms with Gasteiger partial charge in [0, 0.05) is 20.8 Å². The van der Waals surface area contributed by atoms with Crippen LogP contribution >= 0.6 is 22.6 Å². The number of alkyl halides is 10. The molecule has 0 aromatic heterocycles. The topological polar surface area (TPSA) is 0 Å². The first-order valence-corrected chi connectivity index (χ1v) is 8.00. The minimum absolute atomic E-state index is 0.554. The first kappa shape index (κ1) is 22.7. The Kier molecular flexibility index (Phi) is 5.69. The van der Waals surface area contributed by atoms with E-state index in [1.54, 1.807) is 6.07 Å². The Morgan fingerprint density at radius 2 is 1.21 bits per heavy atom. The molecule has 0 atom stereocenters. The summed E-state index contributed by atoms with van der Waals surface area (Å²) < 4.78 is 145. The lowest BCUT2D eigenvalue weighted by Crippen LogP contribution is -2.51. The highest BCUT2D eigenvalue weighted by Gasteiger charge is 2.74. The Bertz CT molecular complexity index is 846. The van der Waals surface area contributed by atoms with Gasteiger partial charge < -0.3 is 0 Å². The molecule has 0 spiro atoms. The highest BCUT2D eigenvalue weighted by molar-refractivity contribution is 14.1. The number of rotatable bonds is 2. The van der Waals surface area contributed by atoms with Crippen molar-refractivity contribution < 1.29 is 48.3 Å². The Labute approximate surface area is 163 Å². The van der Waals surface area contributed by atoms with Crippen molar-refractivity contribution in [3.8, 4) is 11.1 Å². The first-order valence-electron chi connectivity index (χ1n) is 6.92. The van der Waals surface area contributed by atoms with E-state index in [1.165, 1.54) is 0 Å². The molecule has 0 unspecified atom stereocenters. The Morgan fingerprint density at radius 3 is 1.61 bits per heavy atom. The normalized spacial score (nSPS) is 13.7. The largest absolute Gasteiger partial charge is 0.435 e. The lowest BCUT2D eigenvalue weighted by Gasteiger charge is -2.32. The van der Waals surface area contributed by atoms with E-state index in [0.29, 0.717) is 24.3 Å². The van der Waals surface area contributed by atoms with Gasteiger partial charge in [0.05, 0.1) is 5.56 Å². The third kappa shape index (κ3) is 3.92. The van der Waals surface area contributed by atoms with Gasteiger partial charge in [-0.25, -0.2) is 8.78 Å². The van der Waals surface area contributed by atoms with Crippen LogP contribution < -0.4 is 0 Å². The summed E-state index contributed by atoms with van der Waals surface area (Å²) in [6, 6.07) is 3.75. The molecule has 0 aliphatic heterocycles. The van der Waals surface area contributed by atoms with E-state index < -0.39 is 61.9 Å². The summed E-state index contributed by atoms with van der Waals surface area (Å²) >= 11 is 1.01. The van der Waals surface area contributed by atoms with Crippen molar-refractivity contribution in [1.29, 1.82) is 0 Å². The SMILES string of the molecule is Fc1ccc(-c2c(I)[c]c(C(F)(F)F)cc2C(F)(C(F)(F)F)C(F)(F)F)cc1. The molecule has 0 saturated heterocycles. The number of benzene rings is 2. The highest BCUT2D eigenvalue weighted by atomic mass is 127. The summed E-state index contributed by atoms with van der Waals surface area (Å²) in [7, 11) is 0. The molecule has 0 N–H and O–H groups in total. The van der Waals surface area contributed by atoms with Crippen LogP contribution in [0.3, 0.4) is 0 Å². The molecular weight excluding hydrogens is 528 g/mol. The molecule has 2 aromatic rings. The maximum Gasteiger partial charge on any atom is 0.435 e. The van der Waals surface area contributed by atoms with Crippen LogP contribution in [0.25, 0.3) is 11.1 Å². The van der Waals surface area contributed by atoms with Crippen LogP contribution in [0, 0.1) is 15.5 Å². The number of hydrogen-bond acceptors (Lipinski definition) is 0. The lowest BCUT2D eigenvalue weighted by atomic mass is 9.85. The van der Waals surface area contributed by atoms with Crippen LogP contribution in [0.2, 0.25) is 0 Å². The molecule has 153 valence electrons. The van der Waals surface area contributed by atoms with E-state index in [9.17, 15) is 48.3 Å². The predicted octanol–water partition coefficient (Wildman–Crippen LogP) is 7.21. The fourth-order valence-electron chi connectivity index (χ4n) is 2.34. The van der Waals surface area contributed by atoms with Crippen molar-refractivity contribution in [2.75, 3.05) is 0 Å². The van der Waals surface area contributed by atoms with Crippen molar-refractivity contribution in [3.63, 3.8) is 0 Å². The molecule has 0 bridgehead atoms. The van der Waals surface area contributed by atoms with Gasteiger partial charge in [0.1, 0.15) is 5.82 Å². The van der Waals surface area contributed by atoms with Crippen molar-refractivity contribution in [1.82, 2.24) is 0 Å². The average Bonchev–Trinajstić information content (AvgIpc) is 2.51.